The van der Waals surface area contributed by atoms with Crippen molar-refractivity contribution in [2.45, 2.75) is 11.3 Å². The Morgan fingerprint density at radius 3 is 2.33 bits per heavy atom. The number of hydrogen-bond acceptors (Lipinski definition) is 5. The number of carbonyl (C=O) groups excluding carboxylic acids is 1. The quantitative estimate of drug-likeness (QED) is 0.602. The van der Waals surface area contributed by atoms with Crippen molar-refractivity contribution in [3.8, 4) is 11.5 Å². The number of halogens is 1. The summed E-state index contributed by atoms with van der Waals surface area (Å²) >= 11 is 3.24. The van der Waals surface area contributed by atoms with Crippen LogP contribution in [0.4, 0.5) is 0 Å². The predicted molar refractivity (Wildman–Crippen MR) is 106 cm³/mol. The Balaban J connectivity index is 1.82. The van der Waals surface area contributed by atoms with E-state index in [0.29, 0.717) is 24.5 Å². The first-order valence-electron chi connectivity index (χ1n) is 8.08. The molecular weight excluding hydrogens is 436 g/mol. The third kappa shape index (κ3) is 6.23. The molecule has 0 aromatic heterocycles. The lowest BCUT2D eigenvalue weighted by Crippen LogP contribution is -2.37. The zero-order valence-corrected chi connectivity index (χ0v) is 17.4. The van der Waals surface area contributed by atoms with Gasteiger partial charge in [0.2, 0.25) is 15.9 Å². The number of nitrogens with one attached hydrogen (secondary N) is 2. The summed E-state index contributed by atoms with van der Waals surface area (Å²) in [5, 5.41) is 2.68. The summed E-state index contributed by atoms with van der Waals surface area (Å²) < 4.78 is 37.8. The standard InChI is InChI=1S/C18H21BrN2O5S/c1-25-16-8-3-13(11-17(16)26-2)9-10-20-18(22)12-21-27(23,24)15-6-4-14(19)5-7-15/h3-8,11,21H,9-10,12H2,1-2H3,(H,20,22). The molecule has 0 aliphatic rings. The van der Waals surface area contributed by atoms with Crippen molar-refractivity contribution in [3.63, 3.8) is 0 Å². The zero-order valence-electron chi connectivity index (χ0n) is 15.0. The lowest BCUT2D eigenvalue weighted by molar-refractivity contribution is -0.119. The monoisotopic (exact) mass is 456 g/mol. The minimum atomic E-state index is -3.73. The molecule has 0 saturated carbocycles. The van der Waals surface area contributed by atoms with E-state index in [1.165, 1.54) is 12.1 Å². The molecule has 0 radical (unpaired) electrons. The highest BCUT2D eigenvalue weighted by molar-refractivity contribution is 9.10. The van der Waals surface area contributed by atoms with Gasteiger partial charge in [0.25, 0.3) is 0 Å². The molecule has 0 heterocycles. The number of sulfonamides is 1. The Kier molecular flexibility index (Phi) is 7.64. The summed E-state index contributed by atoms with van der Waals surface area (Å²) in [6.45, 7) is 0.0403. The van der Waals surface area contributed by atoms with Crippen LogP contribution in [-0.4, -0.2) is 41.6 Å². The highest BCUT2D eigenvalue weighted by atomic mass is 79.9. The molecule has 0 aliphatic carbocycles. The Hall–Kier alpha value is -2.10. The fourth-order valence-electron chi connectivity index (χ4n) is 2.30. The molecule has 9 heteroatoms. The number of benzene rings is 2. The van der Waals surface area contributed by atoms with Crippen LogP contribution in [0.3, 0.4) is 0 Å². The first-order valence-corrected chi connectivity index (χ1v) is 10.4. The summed E-state index contributed by atoms with van der Waals surface area (Å²) in [6, 6.07) is 11.7. The molecule has 2 rings (SSSR count). The topological polar surface area (TPSA) is 93.7 Å². The number of hydrogen-bond donors (Lipinski definition) is 2. The maximum absolute atomic E-state index is 12.1. The Labute approximate surface area is 167 Å². The smallest absolute Gasteiger partial charge is 0.241 e. The number of carbonyl (C=O) groups is 1. The van der Waals surface area contributed by atoms with Crippen molar-refractivity contribution in [2.24, 2.45) is 0 Å². The molecule has 7 nitrogen and oxygen atoms in total. The van der Waals surface area contributed by atoms with Gasteiger partial charge in [0, 0.05) is 11.0 Å². The summed E-state index contributed by atoms with van der Waals surface area (Å²) in [5.41, 5.74) is 0.961. The normalized spacial score (nSPS) is 11.1. The van der Waals surface area contributed by atoms with Gasteiger partial charge >= 0.3 is 0 Å². The zero-order chi connectivity index (χ0) is 19.9. The van der Waals surface area contributed by atoms with E-state index in [-0.39, 0.29) is 11.4 Å². The van der Waals surface area contributed by atoms with E-state index in [1.54, 1.807) is 32.4 Å². The summed E-state index contributed by atoms with van der Waals surface area (Å²) in [6.07, 6.45) is 0.575. The first kappa shape index (κ1) is 21.2. The number of rotatable bonds is 9. The molecule has 1 amide bonds. The largest absolute Gasteiger partial charge is 0.493 e. The average molecular weight is 457 g/mol. The number of methoxy groups -OCH3 is 2. The van der Waals surface area contributed by atoms with Gasteiger partial charge in [-0.15, -0.1) is 0 Å². The molecule has 0 fully saturated rings. The Morgan fingerprint density at radius 2 is 1.70 bits per heavy atom. The molecule has 0 aliphatic heterocycles. The van der Waals surface area contributed by atoms with Crippen LogP contribution in [0.2, 0.25) is 0 Å². The van der Waals surface area contributed by atoms with E-state index in [1.807, 2.05) is 12.1 Å². The SMILES string of the molecule is COc1ccc(CCNC(=O)CNS(=O)(=O)c2ccc(Br)cc2)cc1OC. The van der Waals surface area contributed by atoms with Crippen LogP contribution in [-0.2, 0) is 21.2 Å². The van der Waals surface area contributed by atoms with E-state index in [4.69, 9.17) is 9.47 Å². The average Bonchev–Trinajstić information content (AvgIpc) is 2.66. The lowest BCUT2D eigenvalue weighted by Gasteiger charge is -2.10. The van der Waals surface area contributed by atoms with Crippen LogP contribution in [0.1, 0.15) is 5.56 Å². The van der Waals surface area contributed by atoms with E-state index in [0.717, 1.165) is 10.0 Å². The fraction of sp³-hybridized carbons (Fsp3) is 0.278. The molecule has 27 heavy (non-hydrogen) atoms. The minimum Gasteiger partial charge on any atom is -0.493 e. The van der Waals surface area contributed by atoms with Crippen LogP contribution < -0.4 is 19.5 Å². The van der Waals surface area contributed by atoms with Crippen LogP contribution in [0.25, 0.3) is 0 Å². The van der Waals surface area contributed by atoms with E-state index in [9.17, 15) is 13.2 Å². The van der Waals surface area contributed by atoms with Gasteiger partial charge in [-0.3, -0.25) is 4.79 Å². The van der Waals surface area contributed by atoms with Crippen molar-refractivity contribution in [1.29, 1.82) is 0 Å². The Morgan fingerprint density at radius 1 is 1.04 bits per heavy atom. The highest BCUT2D eigenvalue weighted by Gasteiger charge is 2.15. The van der Waals surface area contributed by atoms with Gasteiger partial charge in [-0.1, -0.05) is 22.0 Å². The van der Waals surface area contributed by atoms with Gasteiger partial charge in [0.15, 0.2) is 11.5 Å². The molecule has 0 unspecified atom stereocenters. The van der Waals surface area contributed by atoms with Crippen LogP contribution in [0.5, 0.6) is 11.5 Å². The van der Waals surface area contributed by atoms with Crippen LogP contribution >= 0.6 is 15.9 Å². The van der Waals surface area contributed by atoms with E-state index in [2.05, 4.69) is 26.0 Å². The number of amides is 1. The van der Waals surface area contributed by atoms with Crippen molar-refractivity contribution in [1.82, 2.24) is 10.0 Å². The molecule has 2 aromatic carbocycles. The third-order valence-corrected chi connectivity index (χ3v) is 5.68. The summed E-state index contributed by atoms with van der Waals surface area (Å²) in [7, 11) is -0.609. The lowest BCUT2D eigenvalue weighted by atomic mass is 10.1. The maximum atomic E-state index is 12.1. The molecular formula is C18H21BrN2O5S. The minimum absolute atomic E-state index is 0.101. The maximum Gasteiger partial charge on any atom is 0.241 e. The van der Waals surface area contributed by atoms with Crippen LogP contribution in [0.15, 0.2) is 51.8 Å². The van der Waals surface area contributed by atoms with Gasteiger partial charge < -0.3 is 14.8 Å². The summed E-state index contributed by atoms with van der Waals surface area (Å²) in [5.74, 6) is 0.840. The highest BCUT2D eigenvalue weighted by Crippen LogP contribution is 2.27. The second-order valence-electron chi connectivity index (χ2n) is 5.57. The molecule has 0 saturated heterocycles. The molecule has 2 N–H and O–H groups in total. The van der Waals surface area contributed by atoms with Crippen molar-refractivity contribution in [2.75, 3.05) is 27.3 Å². The summed E-state index contributed by atoms with van der Waals surface area (Å²) in [4.78, 5) is 12.0. The molecule has 0 bridgehead atoms. The second kappa shape index (κ2) is 9.72. The van der Waals surface area contributed by atoms with Gasteiger partial charge in [0.1, 0.15) is 0 Å². The first-order chi connectivity index (χ1) is 12.9. The third-order valence-electron chi connectivity index (χ3n) is 3.73. The second-order valence-corrected chi connectivity index (χ2v) is 8.25. The molecule has 2 aromatic rings. The van der Waals surface area contributed by atoms with E-state index < -0.39 is 15.9 Å². The Bertz CT molecular complexity index is 885. The molecule has 0 atom stereocenters. The van der Waals surface area contributed by atoms with Crippen molar-refractivity contribution < 1.29 is 22.7 Å². The van der Waals surface area contributed by atoms with Gasteiger partial charge in [-0.2, -0.15) is 0 Å². The van der Waals surface area contributed by atoms with Crippen molar-refractivity contribution >= 4 is 31.9 Å². The molecule has 0 spiro atoms. The van der Waals surface area contributed by atoms with E-state index >= 15 is 0 Å². The van der Waals surface area contributed by atoms with Gasteiger partial charge in [-0.05, 0) is 48.4 Å². The predicted octanol–water partition coefficient (Wildman–Crippen LogP) is 2.10. The number of ether oxygens (including phenoxy) is 2. The molecule has 146 valence electrons. The van der Waals surface area contributed by atoms with Gasteiger partial charge in [0.05, 0.1) is 25.7 Å². The van der Waals surface area contributed by atoms with Crippen molar-refractivity contribution in [3.05, 3.63) is 52.5 Å². The fourth-order valence-corrected chi connectivity index (χ4v) is 3.55. The van der Waals surface area contributed by atoms with Crippen LogP contribution in [0, 0.1) is 0 Å². The van der Waals surface area contributed by atoms with Gasteiger partial charge in [-0.25, -0.2) is 13.1 Å².